The summed E-state index contributed by atoms with van der Waals surface area (Å²) in [7, 11) is 0. The van der Waals surface area contributed by atoms with Crippen molar-refractivity contribution in [2.45, 2.75) is 38.6 Å². The molecular formula is C18H23N3O. The zero-order valence-electron chi connectivity index (χ0n) is 13.2. The zero-order chi connectivity index (χ0) is 15.5. The van der Waals surface area contributed by atoms with Gasteiger partial charge in [0.15, 0.2) is 0 Å². The predicted molar refractivity (Wildman–Crippen MR) is 89.2 cm³/mol. The number of fused-ring (bicyclic) bond motifs is 1. The molecule has 1 fully saturated rings. The van der Waals surface area contributed by atoms with E-state index in [0.717, 1.165) is 28.7 Å². The second kappa shape index (κ2) is 6.44. The normalized spacial score (nSPS) is 15.7. The largest absolute Gasteiger partial charge is 0.350 e. The fraction of sp³-hybridized carbons (Fsp3) is 0.444. The molecule has 1 heterocycles. The van der Waals surface area contributed by atoms with Gasteiger partial charge in [0.05, 0.1) is 11.1 Å². The van der Waals surface area contributed by atoms with Gasteiger partial charge in [0.1, 0.15) is 0 Å². The smallest absolute Gasteiger partial charge is 0.252 e. The highest BCUT2D eigenvalue weighted by atomic mass is 16.1. The minimum Gasteiger partial charge on any atom is -0.350 e. The van der Waals surface area contributed by atoms with Gasteiger partial charge in [0, 0.05) is 29.6 Å². The summed E-state index contributed by atoms with van der Waals surface area (Å²) in [4.78, 5) is 17.3. The summed E-state index contributed by atoms with van der Waals surface area (Å²) in [6, 6.07) is 10.1. The number of benzene rings is 1. The van der Waals surface area contributed by atoms with Gasteiger partial charge in [-0.05, 0) is 38.4 Å². The Bertz CT molecular complexity index is 679. The minimum atomic E-state index is -0.00902. The maximum Gasteiger partial charge on any atom is 0.252 e. The van der Waals surface area contributed by atoms with Gasteiger partial charge in [0.25, 0.3) is 5.91 Å². The first-order chi connectivity index (χ1) is 10.7. The van der Waals surface area contributed by atoms with Crippen LogP contribution in [0.4, 0.5) is 0 Å². The van der Waals surface area contributed by atoms with E-state index in [9.17, 15) is 4.79 Å². The van der Waals surface area contributed by atoms with Crippen molar-refractivity contribution in [3.8, 4) is 0 Å². The van der Waals surface area contributed by atoms with Crippen molar-refractivity contribution in [3.05, 3.63) is 41.6 Å². The molecule has 0 saturated heterocycles. The van der Waals surface area contributed by atoms with Crippen LogP contribution in [0, 0.1) is 0 Å². The number of para-hydroxylation sites is 1. The quantitative estimate of drug-likeness (QED) is 0.862. The van der Waals surface area contributed by atoms with Crippen LogP contribution in [0.15, 0.2) is 30.3 Å². The number of carbonyl (C=O) groups is 1. The summed E-state index contributed by atoms with van der Waals surface area (Å²) in [6.07, 6.45) is 2.37. The Morgan fingerprint density at radius 1 is 1.36 bits per heavy atom. The molecular weight excluding hydrogens is 274 g/mol. The fourth-order valence-electron chi connectivity index (χ4n) is 2.73. The highest BCUT2D eigenvalue weighted by Gasteiger charge is 2.26. The number of pyridine rings is 1. The monoisotopic (exact) mass is 297 g/mol. The Morgan fingerprint density at radius 2 is 2.14 bits per heavy atom. The molecule has 2 N–H and O–H groups in total. The van der Waals surface area contributed by atoms with Crippen LogP contribution in [-0.2, 0) is 0 Å². The van der Waals surface area contributed by atoms with Crippen molar-refractivity contribution >= 4 is 16.8 Å². The van der Waals surface area contributed by atoms with E-state index in [4.69, 9.17) is 4.98 Å². The molecule has 1 aromatic heterocycles. The molecule has 1 aromatic carbocycles. The number of carbonyl (C=O) groups excluding carboxylic acids is 1. The van der Waals surface area contributed by atoms with Crippen LogP contribution in [0.3, 0.4) is 0 Å². The van der Waals surface area contributed by atoms with Gasteiger partial charge in [-0.3, -0.25) is 9.78 Å². The average Bonchev–Trinajstić information content (AvgIpc) is 3.36. The van der Waals surface area contributed by atoms with E-state index in [0.29, 0.717) is 12.5 Å². The molecule has 2 aromatic rings. The van der Waals surface area contributed by atoms with E-state index >= 15 is 0 Å². The third kappa shape index (κ3) is 3.28. The van der Waals surface area contributed by atoms with Crippen molar-refractivity contribution in [3.63, 3.8) is 0 Å². The second-order valence-corrected chi connectivity index (χ2v) is 6.05. The van der Waals surface area contributed by atoms with Crippen molar-refractivity contribution in [2.24, 2.45) is 0 Å². The number of hydrogen-bond acceptors (Lipinski definition) is 3. The first kappa shape index (κ1) is 15.0. The Hall–Kier alpha value is -1.94. The third-order valence-corrected chi connectivity index (χ3v) is 4.10. The number of rotatable bonds is 6. The summed E-state index contributed by atoms with van der Waals surface area (Å²) < 4.78 is 0. The molecule has 1 aliphatic carbocycles. The molecule has 0 bridgehead atoms. The van der Waals surface area contributed by atoms with Crippen LogP contribution in [0.25, 0.3) is 10.9 Å². The van der Waals surface area contributed by atoms with E-state index in [1.807, 2.05) is 30.3 Å². The van der Waals surface area contributed by atoms with Crippen LogP contribution in [-0.4, -0.2) is 30.0 Å². The average molecular weight is 297 g/mol. The van der Waals surface area contributed by atoms with Gasteiger partial charge in [0.2, 0.25) is 0 Å². The molecule has 0 radical (unpaired) electrons. The summed E-state index contributed by atoms with van der Waals surface area (Å²) in [5, 5.41) is 7.27. The highest BCUT2D eigenvalue weighted by molar-refractivity contribution is 6.06. The van der Waals surface area contributed by atoms with Crippen molar-refractivity contribution in [1.29, 1.82) is 0 Å². The molecule has 0 spiro atoms. The van der Waals surface area contributed by atoms with Gasteiger partial charge < -0.3 is 10.6 Å². The van der Waals surface area contributed by atoms with Crippen molar-refractivity contribution in [2.75, 3.05) is 13.1 Å². The number of aromatic nitrogens is 1. The summed E-state index contributed by atoms with van der Waals surface area (Å²) in [6.45, 7) is 5.67. The lowest BCUT2D eigenvalue weighted by Gasteiger charge is -2.14. The molecule has 1 atom stereocenters. The third-order valence-electron chi connectivity index (χ3n) is 4.10. The lowest BCUT2D eigenvalue weighted by Crippen LogP contribution is -2.38. The number of nitrogens with one attached hydrogen (secondary N) is 2. The maximum absolute atomic E-state index is 12.6. The van der Waals surface area contributed by atoms with Gasteiger partial charge in [-0.2, -0.15) is 0 Å². The summed E-state index contributed by atoms with van der Waals surface area (Å²) in [5.41, 5.74) is 2.72. The van der Waals surface area contributed by atoms with E-state index in [2.05, 4.69) is 24.5 Å². The second-order valence-electron chi connectivity index (χ2n) is 6.05. The molecule has 0 unspecified atom stereocenters. The number of amides is 1. The van der Waals surface area contributed by atoms with E-state index < -0.39 is 0 Å². The van der Waals surface area contributed by atoms with Crippen molar-refractivity contribution in [1.82, 2.24) is 15.6 Å². The SMILES string of the molecule is CCN[C@H](C)CNC(=O)c1cc(C2CC2)nc2ccccc12. The Morgan fingerprint density at radius 3 is 2.86 bits per heavy atom. The van der Waals surface area contributed by atoms with Gasteiger partial charge in [-0.25, -0.2) is 0 Å². The number of likely N-dealkylation sites (N-methyl/N-ethyl adjacent to an activating group) is 1. The molecule has 1 amide bonds. The Labute approximate surface area is 131 Å². The maximum atomic E-state index is 12.6. The standard InChI is InChI=1S/C18H23N3O/c1-3-19-12(2)11-20-18(22)15-10-17(13-8-9-13)21-16-7-5-4-6-14(15)16/h4-7,10,12-13,19H,3,8-9,11H2,1-2H3,(H,20,22)/t12-/m1/s1. The topological polar surface area (TPSA) is 54.0 Å². The van der Waals surface area contributed by atoms with E-state index in [-0.39, 0.29) is 11.9 Å². The van der Waals surface area contributed by atoms with Crippen LogP contribution in [0.1, 0.15) is 48.7 Å². The van der Waals surface area contributed by atoms with E-state index in [1.165, 1.54) is 12.8 Å². The van der Waals surface area contributed by atoms with Gasteiger partial charge in [-0.15, -0.1) is 0 Å². The van der Waals surface area contributed by atoms with Crippen LogP contribution in [0.5, 0.6) is 0 Å². The summed E-state index contributed by atoms with van der Waals surface area (Å²) in [5.74, 6) is 0.530. The fourth-order valence-corrected chi connectivity index (χ4v) is 2.73. The molecule has 1 aliphatic rings. The lowest BCUT2D eigenvalue weighted by molar-refractivity contribution is 0.0951. The predicted octanol–water partition coefficient (Wildman–Crippen LogP) is 2.84. The van der Waals surface area contributed by atoms with Gasteiger partial charge in [-0.1, -0.05) is 25.1 Å². The first-order valence-corrected chi connectivity index (χ1v) is 8.10. The highest BCUT2D eigenvalue weighted by Crippen LogP contribution is 2.40. The molecule has 4 nitrogen and oxygen atoms in total. The van der Waals surface area contributed by atoms with Crippen LogP contribution in [0.2, 0.25) is 0 Å². The lowest BCUT2D eigenvalue weighted by atomic mass is 10.1. The number of hydrogen-bond donors (Lipinski definition) is 2. The molecule has 22 heavy (non-hydrogen) atoms. The van der Waals surface area contributed by atoms with Gasteiger partial charge >= 0.3 is 0 Å². The molecule has 3 rings (SSSR count). The Balaban J connectivity index is 1.86. The van der Waals surface area contributed by atoms with Crippen molar-refractivity contribution < 1.29 is 4.79 Å². The van der Waals surface area contributed by atoms with E-state index in [1.54, 1.807) is 0 Å². The summed E-state index contributed by atoms with van der Waals surface area (Å²) >= 11 is 0. The van der Waals surface area contributed by atoms with Crippen LogP contribution < -0.4 is 10.6 Å². The van der Waals surface area contributed by atoms with Crippen LogP contribution >= 0.6 is 0 Å². The molecule has 4 heteroatoms. The number of nitrogens with zero attached hydrogens (tertiary/aromatic N) is 1. The zero-order valence-corrected chi connectivity index (χ0v) is 13.2. The molecule has 1 saturated carbocycles. The Kier molecular flexibility index (Phi) is 4.39. The molecule has 0 aliphatic heterocycles. The minimum absolute atomic E-state index is 0.00902. The molecule has 116 valence electrons. The first-order valence-electron chi connectivity index (χ1n) is 8.10.